The molecule has 1 nitrogen and oxygen atoms in total. The fourth-order valence-corrected chi connectivity index (χ4v) is 0.420. The van der Waals surface area contributed by atoms with Crippen molar-refractivity contribution in [2.75, 3.05) is 0 Å². The van der Waals surface area contributed by atoms with Crippen LogP contribution in [0.15, 0.2) is 24.3 Å². The fraction of sp³-hybridized carbons (Fsp3) is 0.375. The summed E-state index contributed by atoms with van der Waals surface area (Å²) in [7, 11) is 0. The van der Waals surface area contributed by atoms with Crippen LogP contribution in [0.5, 0.6) is 0 Å². The van der Waals surface area contributed by atoms with E-state index in [1.165, 1.54) is 0 Å². The second-order valence-corrected chi connectivity index (χ2v) is 2.17. The van der Waals surface area contributed by atoms with E-state index < -0.39 is 0 Å². The van der Waals surface area contributed by atoms with Crippen LogP contribution in [-0.2, 0) is 0 Å². The highest BCUT2D eigenvalue weighted by Crippen LogP contribution is 2.05. The Hall–Kier alpha value is -1.03. The third-order valence-corrected chi connectivity index (χ3v) is 1.01. The van der Waals surface area contributed by atoms with E-state index in [-0.39, 0.29) is 0 Å². The van der Waals surface area contributed by atoms with E-state index in [1.54, 1.807) is 0 Å². The topological polar surface area (TPSA) is 23.8 Å². The maximum atomic E-state index is 8.27. The number of hydrogen-bond donors (Lipinski definition) is 0. The van der Waals surface area contributed by atoms with E-state index in [1.807, 2.05) is 13.0 Å². The fourth-order valence-electron chi connectivity index (χ4n) is 0.420. The second kappa shape index (κ2) is 3.91. The van der Waals surface area contributed by atoms with E-state index in [2.05, 4.69) is 13.2 Å². The van der Waals surface area contributed by atoms with Gasteiger partial charge in [-0.25, -0.2) is 0 Å². The Bertz CT molecular complexity index is 160. The van der Waals surface area contributed by atoms with Crippen molar-refractivity contribution in [1.82, 2.24) is 0 Å². The van der Waals surface area contributed by atoms with Crippen LogP contribution in [-0.4, -0.2) is 0 Å². The molecule has 0 aliphatic carbocycles. The lowest BCUT2D eigenvalue weighted by molar-refractivity contribution is 0.957. The molecule has 0 rings (SSSR count). The van der Waals surface area contributed by atoms with Crippen molar-refractivity contribution in [1.29, 1.82) is 5.26 Å². The van der Waals surface area contributed by atoms with Gasteiger partial charge in [-0.05, 0) is 19.8 Å². The summed E-state index contributed by atoms with van der Waals surface area (Å²) in [6.07, 6.45) is 1.64. The minimum atomic E-state index is 0.637. The van der Waals surface area contributed by atoms with Crippen LogP contribution in [0, 0.1) is 11.3 Å². The molecule has 0 atom stereocenters. The number of hydrogen-bond acceptors (Lipinski definition) is 1. The van der Waals surface area contributed by atoms with Crippen molar-refractivity contribution in [2.24, 2.45) is 0 Å². The SMILES string of the molecule is C=C(C)CCC(=C)C#N. The quantitative estimate of drug-likeness (QED) is 0.415. The van der Waals surface area contributed by atoms with Crippen LogP contribution in [0.25, 0.3) is 0 Å². The number of nitriles is 1. The highest BCUT2D eigenvalue weighted by atomic mass is 14.2. The number of allylic oxidation sites excluding steroid dienone is 2. The van der Waals surface area contributed by atoms with Crippen molar-refractivity contribution in [2.45, 2.75) is 19.8 Å². The molecule has 0 bridgehead atoms. The Morgan fingerprint density at radius 3 is 2.33 bits per heavy atom. The lowest BCUT2D eigenvalue weighted by atomic mass is 10.1. The highest BCUT2D eigenvalue weighted by molar-refractivity contribution is 5.16. The zero-order valence-corrected chi connectivity index (χ0v) is 5.78. The normalized spacial score (nSPS) is 8.00. The molecule has 0 saturated heterocycles. The van der Waals surface area contributed by atoms with Gasteiger partial charge in [-0.3, -0.25) is 0 Å². The summed E-state index contributed by atoms with van der Waals surface area (Å²) in [4.78, 5) is 0. The van der Waals surface area contributed by atoms with Gasteiger partial charge in [-0.2, -0.15) is 5.26 Å². The lowest BCUT2D eigenvalue weighted by Crippen LogP contribution is -1.77. The molecule has 0 N–H and O–H groups in total. The van der Waals surface area contributed by atoms with Gasteiger partial charge in [-0.1, -0.05) is 12.2 Å². The van der Waals surface area contributed by atoms with Crippen molar-refractivity contribution in [3.8, 4) is 6.07 Å². The summed E-state index contributed by atoms with van der Waals surface area (Å²) in [6, 6.07) is 1.98. The zero-order valence-electron chi connectivity index (χ0n) is 5.78. The minimum Gasteiger partial charge on any atom is -0.193 e. The molecule has 48 valence electrons. The predicted octanol–water partition coefficient (Wildman–Crippen LogP) is 2.42. The Kier molecular flexibility index (Phi) is 3.46. The van der Waals surface area contributed by atoms with E-state index in [9.17, 15) is 0 Å². The van der Waals surface area contributed by atoms with Gasteiger partial charge in [-0.15, -0.1) is 6.58 Å². The van der Waals surface area contributed by atoms with Crippen LogP contribution in [0.3, 0.4) is 0 Å². The van der Waals surface area contributed by atoms with E-state index in [4.69, 9.17) is 5.26 Å². The van der Waals surface area contributed by atoms with Gasteiger partial charge >= 0.3 is 0 Å². The first-order valence-corrected chi connectivity index (χ1v) is 2.89. The average Bonchev–Trinajstić information content (AvgIpc) is 1.83. The molecular formula is C8H11N. The van der Waals surface area contributed by atoms with E-state index in [0.717, 1.165) is 18.4 Å². The molecule has 0 aromatic carbocycles. The van der Waals surface area contributed by atoms with E-state index >= 15 is 0 Å². The first-order chi connectivity index (χ1) is 4.16. The Balaban J connectivity index is 3.43. The molecule has 0 spiro atoms. The predicted molar refractivity (Wildman–Crippen MR) is 38.8 cm³/mol. The Morgan fingerprint density at radius 2 is 2.00 bits per heavy atom. The molecule has 0 aliphatic heterocycles. The Labute approximate surface area is 56.3 Å². The maximum absolute atomic E-state index is 8.27. The second-order valence-electron chi connectivity index (χ2n) is 2.17. The van der Waals surface area contributed by atoms with Crippen LogP contribution < -0.4 is 0 Å². The largest absolute Gasteiger partial charge is 0.193 e. The molecule has 0 aromatic heterocycles. The molecule has 0 aromatic rings. The third kappa shape index (κ3) is 4.83. The molecule has 0 fully saturated rings. The lowest BCUT2D eigenvalue weighted by Gasteiger charge is -1.93. The molecule has 0 aliphatic rings. The van der Waals surface area contributed by atoms with Gasteiger partial charge in [0.15, 0.2) is 0 Å². The van der Waals surface area contributed by atoms with Gasteiger partial charge < -0.3 is 0 Å². The van der Waals surface area contributed by atoms with E-state index in [0.29, 0.717) is 5.57 Å². The van der Waals surface area contributed by atoms with Crippen LogP contribution in [0.4, 0.5) is 0 Å². The average molecular weight is 121 g/mol. The maximum Gasteiger partial charge on any atom is 0.0940 e. The third-order valence-electron chi connectivity index (χ3n) is 1.01. The molecule has 0 heterocycles. The zero-order chi connectivity index (χ0) is 7.28. The monoisotopic (exact) mass is 121 g/mol. The van der Waals surface area contributed by atoms with Crippen molar-refractivity contribution < 1.29 is 0 Å². The molecule has 0 unspecified atom stereocenters. The summed E-state index contributed by atoms with van der Waals surface area (Å²) in [5.74, 6) is 0. The van der Waals surface area contributed by atoms with Crippen molar-refractivity contribution in [3.05, 3.63) is 24.3 Å². The van der Waals surface area contributed by atoms with Crippen LogP contribution in [0.1, 0.15) is 19.8 Å². The summed E-state index contributed by atoms with van der Waals surface area (Å²) in [5, 5.41) is 8.27. The summed E-state index contributed by atoms with van der Waals surface area (Å²) in [6.45, 7) is 9.20. The first kappa shape index (κ1) is 7.97. The number of nitrogens with zero attached hydrogens (tertiary/aromatic N) is 1. The van der Waals surface area contributed by atoms with Crippen molar-refractivity contribution in [3.63, 3.8) is 0 Å². The van der Waals surface area contributed by atoms with Crippen LogP contribution in [0.2, 0.25) is 0 Å². The molecule has 0 radical (unpaired) electrons. The van der Waals surface area contributed by atoms with Gasteiger partial charge in [0.05, 0.1) is 6.07 Å². The summed E-state index contributed by atoms with van der Waals surface area (Å²) >= 11 is 0. The number of rotatable bonds is 3. The smallest absolute Gasteiger partial charge is 0.0940 e. The van der Waals surface area contributed by atoms with Crippen LogP contribution >= 0.6 is 0 Å². The molecule has 1 heteroatoms. The van der Waals surface area contributed by atoms with Gasteiger partial charge in [0.1, 0.15) is 0 Å². The molecule has 0 amide bonds. The molecular weight excluding hydrogens is 110 g/mol. The van der Waals surface area contributed by atoms with Gasteiger partial charge in [0.2, 0.25) is 0 Å². The first-order valence-electron chi connectivity index (χ1n) is 2.89. The Morgan fingerprint density at radius 1 is 1.44 bits per heavy atom. The summed E-state index contributed by atoms with van der Waals surface area (Å²) in [5.41, 5.74) is 1.74. The summed E-state index contributed by atoms with van der Waals surface area (Å²) < 4.78 is 0. The highest BCUT2D eigenvalue weighted by Gasteiger charge is 1.90. The molecule has 9 heavy (non-hydrogen) atoms. The minimum absolute atomic E-state index is 0.637. The van der Waals surface area contributed by atoms with Gasteiger partial charge in [0.25, 0.3) is 0 Å². The molecule has 0 saturated carbocycles. The van der Waals surface area contributed by atoms with Gasteiger partial charge in [0, 0.05) is 5.57 Å². The standard InChI is InChI=1S/C8H11N/c1-7(2)4-5-8(3)6-9/h1,3-5H2,2H3. The van der Waals surface area contributed by atoms with Crippen molar-refractivity contribution >= 4 is 0 Å².